The van der Waals surface area contributed by atoms with E-state index in [9.17, 15) is 19.8 Å². The van der Waals surface area contributed by atoms with Crippen LogP contribution in [0.15, 0.2) is 47.4 Å². The number of hydrogen-bond acceptors (Lipinski definition) is 6. The third-order valence-corrected chi connectivity index (χ3v) is 4.73. The van der Waals surface area contributed by atoms with Gasteiger partial charge in [0.15, 0.2) is 4.32 Å². The van der Waals surface area contributed by atoms with Gasteiger partial charge in [-0.25, -0.2) is 4.79 Å². The number of carboxylic acids is 1. The Morgan fingerprint density at radius 1 is 1.16 bits per heavy atom. The molecule has 3 N–H and O–H groups in total. The summed E-state index contributed by atoms with van der Waals surface area (Å²) in [5, 5.41) is 28.3. The molecular formula is C17H11NO5S2. The van der Waals surface area contributed by atoms with Crippen molar-refractivity contribution in [1.29, 1.82) is 0 Å². The largest absolute Gasteiger partial charge is 0.508 e. The molecule has 0 bridgehead atoms. The molecule has 1 saturated heterocycles. The molecule has 1 fully saturated rings. The highest BCUT2D eigenvalue weighted by Gasteiger charge is 2.33. The second-order valence-electron chi connectivity index (χ2n) is 5.12. The Labute approximate surface area is 152 Å². The van der Waals surface area contributed by atoms with Crippen LogP contribution in [0.4, 0.5) is 5.69 Å². The highest BCUT2D eigenvalue weighted by atomic mass is 32.2. The molecule has 3 rings (SSSR count). The third-order valence-electron chi connectivity index (χ3n) is 3.43. The standard InChI is InChI=1S/C17H11NO5S2/c19-11-3-1-2-9(6-11)7-14-15(21)18(17(24)25-14)10-4-5-12(16(22)23)13(20)8-10/h1-8,19-20H,(H,22,23)/b14-7+. The van der Waals surface area contributed by atoms with Crippen molar-refractivity contribution in [2.75, 3.05) is 4.90 Å². The van der Waals surface area contributed by atoms with E-state index in [-0.39, 0.29) is 27.2 Å². The first-order chi connectivity index (χ1) is 11.9. The minimum Gasteiger partial charge on any atom is -0.508 e. The highest BCUT2D eigenvalue weighted by molar-refractivity contribution is 8.27. The average Bonchev–Trinajstić information content (AvgIpc) is 2.81. The van der Waals surface area contributed by atoms with Gasteiger partial charge < -0.3 is 15.3 Å². The number of hydrogen-bond donors (Lipinski definition) is 3. The zero-order chi connectivity index (χ0) is 18.1. The summed E-state index contributed by atoms with van der Waals surface area (Å²) in [6.45, 7) is 0. The van der Waals surface area contributed by atoms with Crippen molar-refractivity contribution in [3.05, 3.63) is 58.5 Å². The number of phenolic OH excluding ortho intramolecular Hbond substituents is 1. The Morgan fingerprint density at radius 3 is 2.56 bits per heavy atom. The van der Waals surface area contributed by atoms with Crippen LogP contribution >= 0.6 is 24.0 Å². The maximum atomic E-state index is 12.6. The molecule has 0 radical (unpaired) electrons. The van der Waals surface area contributed by atoms with Gasteiger partial charge in [-0.15, -0.1) is 0 Å². The number of amides is 1. The van der Waals surface area contributed by atoms with E-state index in [4.69, 9.17) is 17.3 Å². The maximum absolute atomic E-state index is 12.6. The number of thiocarbonyl (C=S) groups is 1. The van der Waals surface area contributed by atoms with Crippen molar-refractivity contribution in [3.63, 3.8) is 0 Å². The van der Waals surface area contributed by atoms with Gasteiger partial charge in [-0.3, -0.25) is 9.69 Å². The zero-order valence-corrected chi connectivity index (χ0v) is 14.2. The van der Waals surface area contributed by atoms with Gasteiger partial charge in [-0.2, -0.15) is 0 Å². The topological polar surface area (TPSA) is 98.1 Å². The average molecular weight is 373 g/mol. The lowest BCUT2D eigenvalue weighted by Gasteiger charge is -2.15. The SMILES string of the molecule is O=C(O)c1ccc(N2C(=O)/C(=C\c3cccc(O)c3)SC2=S)cc1O. The molecule has 0 atom stereocenters. The maximum Gasteiger partial charge on any atom is 0.339 e. The second-order valence-corrected chi connectivity index (χ2v) is 6.79. The number of carboxylic acid groups (broad SMARTS) is 1. The van der Waals surface area contributed by atoms with Crippen LogP contribution in [0.1, 0.15) is 15.9 Å². The predicted octanol–water partition coefficient (Wildman–Crippen LogP) is 3.20. The molecule has 0 saturated carbocycles. The first kappa shape index (κ1) is 17.0. The molecule has 0 spiro atoms. The van der Waals surface area contributed by atoms with E-state index in [1.807, 2.05) is 0 Å². The summed E-state index contributed by atoms with van der Waals surface area (Å²) in [5.41, 5.74) is 0.665. The molecule has 0 aliphatic carbocycles. The number of thioether (sulfide) groups is 1. The van der Waals surface area contributed by atoms with Gasteiger partial charge in [-0.1, -0.05) is 36.1 Å². The first-order valence-electron chi connectivity index (χ1n) is 7.00. The van der Waals surface area contributed by atoms with E-state index in [0.29, 0.717) is 10.5 Å². The van der Waals surface area contributed by atoms with Gasteiger partial charge in [0.2, 0.25) is 0 Å². The summed E-state index contributed by atoms with van der Waals surface area (Å²) in [7, 11) is 0. The van der Waals surface area contributed by atoms with Gasteiger partial charge in [0.25, 0.3) is 5.91 Å². The van der Waals surface area contributed by atoms with E-state index >= 15 is 0 Å². The Balaban J connectivity index is 1.94. The smallest absolute Gasteiger partial charge is 0.339 e. The van der Waals surface area contributed by atoms with Crippen molar-refractivity contribution in [3.8, 4) is 11.5 Å². The summed E-state index contributed by atoms with van der Waals surface area (Å²) in [6.07, 6.45) is 1.60. The lowest BCUT2D eigenvalue weighted by Crippen LogP contribution is -2.27. The monoisotopic (exact) mass is 373 g/mol. The van der Waals surface area contributed by atoms with Crippen LogP contribution in [-0.2, 0) is 4.79 Å². The first-order valence-corrected chi connectivity index (χ1v) is 8.22. The Kier molecular flexibility index (Phi) is 4.47. The third kappa shape index (κ3) is 3.35. The summed E-state index contributed by atoms with van der Waals surface area (Å²) in [5.74, 6) is -2.02. The summed E-state index contributed by atoms with van der Waals surface area (Å²) < 4.78 is 0.263. The minimum absolute atomic E-state index is 0.0819. The van der Waals surface area contributed by atoms with Crippen molar-refractivity contribution in [2.24, 2.45) is 0 Å². The molecule has 6 nitrogen and oxygen atoms in total. The Bertz CT molecular complexity index is 938. The van der Waals surface area contributed by atoms with Gasteiger partial charge in [-0.05, 0) is 35.9 Å². The van der Waals surface area contributed by atoms with Crippen LogP contribution < -0.4 is 4.90 Å². The summed E-state index contributed by atoms with van der Waals surface area (Å²) in [4.78, 5) is 25.2. The van der Waals surface area contributed by atoms with Gasteiger partial charge in [0, 0.05) is 6.07 Å². The predicted molar refractivity (Wildman–Crippen MR) is 98.8 cm³/mol. The lowest BCUT2D eigenvalue weighted by molar-refractivity contribution is -0.113. The molecule has 1 aliphatic rings. The van der Waals surface area contributed by atoms with E-state index in [0.717, 1.165) is 11.8 Å². The summed E-state index contributed by atoms with van der Waals surface area (Å²) >= 11 is 6.31. The van der Waals surface area contributed by atoms with Crippen LogP contribution in [0.3, 0.4) is 0 Å². The fourth-order valence-electron chi connectivity index (χ4n) is 2.30. The number of aromatic hydroxyl groups is 2. The van der Waals surface area contributed by atoms with E-state index < -0.39 is 11.7 Å². The van der Waals surface area contributed by atoms with Gasteiger partial charge in [0.05, 0.1) is 10.6 Å². The van der Waals surface area contributed by atoms with Crippen LogP contribution in [0, 0.1) is 0 Å². The molecule has 8 heteroatoms. The lowest BCUT2D eigenvalue weighted by atomic mass is 10.1. The number of benzene rings is 2. The quantitative estimate of drug-likeness (QED) is 0.561. The molecule has 1 heterocycles. The number of phenols is 2. The molecule has 2 aromatic rings. The van der Waals surface area contributed by atoms with Crippen molar-refractivity contribution >= 4 is 51.9 Å². The van der Waals surface area contributed by atoms with Crippen LogP contribution in [0.5, 0.6) is 11.5 Å². The molecule has 0 unspecified atom stereocenters. The fraction of sp³-hybridized carbons (Fsp3) is 0. The van der Waals surface area contributed by atoms with E-state index in [1.54, 1.807) is 18.2 Å². The molecule has 2 aromatic carbocycles. The number of aromatic carboxylic acids is 1. The summed E-state index contributed by atoms with van der Waals surface area (Å²) in [6, 6.07) is 10.2. The highest BCUT2D eigenvalue weighted by Crippen LogP contribution is 2.37. The fourth-order valence-corrected chi connectivity index (χ4v) is 3.60. The molecule has 1 aliphatic heterocycles. The van der Waals surface area contributed by atoms with Crippen LogP contribution in [0.2, 0.25) is 0 Å². The van der Waals surface area contributed by atoms with E-state index in [2.05, 4.69) is 0 Å². The molecule has 1 amide bonds. The van der Waals surface area contributed by atoms with Crippen molar-refractivity contribution < 1.29 is 24.9 Å². The number of carbonyl (C=O) groups excluding carboxylic acids is 1. The molecule has 25 heavy (non-hydrogen) atoms. The van der Waals surface area contributed by atoms with Gasteiger partial charge >= 0.3 is 5.97 Å². The Hall–Kier alpha value is -2.84. The van der Waals surface area contributed by atoms with Crippen LogP contribution in [0.25, 0.3) is 6.08 Å². The van der Waals surface area contributed by atoms with Gasteiger partial charge in [0.1, 0.15) is 17.1 Å². The molecule has 126 valence electrons. The number of rotatable bonds is 3. The zero-order valence-electron chi connectivity index (χ0n) is 12.5. The number of carbonyl (C=O) groups is 2. The van der Waals surface area contributed by atoms with Crippen LogP contribution in [-0.4, -0.2) is 31.5 Å². The number of nitrogens with zero attached hydrogens (tertiary/aromatic N) is 1. The molecular weight excluding hydrogens is 362 g/mol. The molecule has 0 aromatic heterocycles. The Morgan fingerprint density at radius 2 is 1.92 bits per heavy atom. The minimum atomic E-state index is -1.27. The van der Waals surface area contributed by atoms with Crippen molar-refractivity contribution in [1.82, 2.24) is 0 Å². The van der Waals surface area contributed by atoms with E-state index in [1.165, 1.54) is 35.2 Å². The second kappa shape index (κ2) is 6.58. The normalized spacial score (nSPS) is 15.8. The van der Waals surface area contributed by atoms with Crippen molar-refractivity contribution in [2.45, 2.75) is 0 Å². The number of anilines is 1.